The summed E-state index contributed by atoms with van der Waals surface area (Å²) in [6.07, 6.45) is 4.19. The van der Waals surface area contributed by atoms with Crippen molar-refractivity contribution in [2.24, 2.45) is 0 Å². The zero-order valence-corrected chi connectivity index (χ0v) is 16.6. The summed E-state index contributed by atoms with van der Waals surface area (Å²) < 4.78 is 0. The molecule has 3 nitrogen and oxygen atoms in total. The minimum absolute atomic E-state index is 0.654. The zero-order chi connectivity index (χ0) is 17.4. The van der Waals surface area contributed by atoms with Crippen LogP contribution in [-0.4, -0.2) is 40.3 Å². The molecular weight excluding hydrogens is 346 g/mol. The minimum Gasteiger partial charge on any atom is -0.306 e. The lowest BCUT2D eigenvalue weighted by molar-refractivity contribution is 0.282. The molecule has 0 spiro atoms. The van der Waals surface area contributed by atoms with Crippen LogP contribution < -0.4 is 0 Å². The third-order valence-corrected chi connectivity index (χ3v) is 7.32. The topological polar surface area (TPSA) is 29.0 Å². The third kappa shape index (κ3) is 3.46. The summed E-state index contributed by atoms with van der Waals surface area (Å²) in [4.78, 5) is 12.7. The van der Waals surface area contributed by atoms with Crippen molar-refractivity contribution in [2.75, 3.05) is 20.1 Å². The number of fused-ring (bicyclic) bond motifs is 1. The number of aryl methyl sites for hydroxylation is 2. The Morgan fingerprint density at radius 1 is 1.12 bits per heavy atom. The van der Waals surface area contributed by atoms with Crippen molar-refractivity contribution in [3.63, 3.8) is 0 Å². The van der Waals surface area contributed by atoms with E-state index in [4.69, 9.17) is 0 Å². The van der Waals surface area contributed by atoms with Gasteiger partial charge in [0.1, 0.15) is 16.2 Å². The SMILES string of the molecule is Cc1ccc(-c2csc3ncnc(SC4CCN(C)CC4)c23)cc1C. The molecule has 5 heteroatoms. The number of thiophene rings is 1. The summed E-state index contributed by atoms with van der Waals surface area (Å²) in [5.74, 6) is 0. The highest BCUT2D eigenvalue weighted by atomic mass is 32.2. The maximum Gasteiger partial charge on any atom is 0.128 e. The smallest absolute Gasteiger partial charge is 0.128 e. The summed E-state index contributed by atoms with van der Waals surface area (Å²) in [7, 11) is 2.21. The molecule has 1 fully saturated rings. The molecule has 2 aromatic heterocycles. The van der Waals surface area contributed by atoms with Gasteiger partial charge in [-0.2, -0.15) is 0 Å². The lowest BCUT2D eigenvalue weighted by Crippen LogP contribution is -2.31. The fraction of sp³-hybridized carbons (Fsp3) is 0.400. The molecule has 3 aromatic rings. The standard InChI is InChI=1S/C20H23N3S2/c1-13-4-5-15(10-14(13)2)17-11-24-19-18(17)20(22-12-21-19)25-16-6-8-23(3)9-7-16/h4-5,10-12,16H,6-9H2,1-3H3. The predicted molar refractivity (Wildman–Crippen MR) is 109 cm³/mol. The Labute approximate surface area is 157 Å². The van der Waals surface area contributed by atoms with Gasteiger partial charge in [-0.15, -0.1) is 23.1 Å². The van der Waals surface area contributed by atoms with Crippen molar-refractivity contribution in [3.8, 4) is 11.1 Å². The largest absolute Gasteiger partial charge is 0.306 e. The van der Waals surface area contributed by atoms with E-state index < -0.39 is 0 Å². The van der Waals surface area contributed by atoms with E-state index in [1.54, 1.807) is 17.7 Å². The molecule has 1 aliphatic heterocycles. The van der Waals surface area contributed by atoms with Crippen LogP contribution in [0.2, 0.25) is 0 Å². The number of thioether (sulfide) groups is 1. The molecule has 25 heavy (non-hydrogen) atoms. The summed E-state index contributed by atoms with van der Waals surface area (Å²) in [5, 5.41) is 5.28. The van der Waals surface area contributed by atoms with E-state index in [0.717, 1.165) is 9.86 Å². The molecule has 1 aliphatic rings. The van der Waals surface area contributed by atoms with Gasteiger partial charge in [-0.05, 0) is 63.5 Å². The third-order valence-electron chi connectivity index (χ3n) is 5.10. The van der Waals surface area contributed by atoms with Gasteiger partial charge in [0.2, 0.25) is 0 Å². The molecule has 0 radical (unpaired) electrons. The Bertz CT molecular complexity index is 895. The fourth-order valence-electron chi connectivity index (χ4n) is 3.32. The molecule has 1 saturated heterocycles. The number of piperidine rings is 1. The number of rotatable bonds is 3. The first-order valence-electron chi connectivity index (χ1n) is 8.77. The van der Waals surface area contributed by atoms with Gasteiger partial charge in [-0.3, -0.25) is 0 Å². The summed E-state index contributed by atoms with van der Waals surface area (Å²) >= 11 is 3.67. The number of hydrogen-bond acceptors (Lipinski definition) is 5. The van der Waals surface area contributed by atoms with Gasteiger partial charge in [-0.25, -0.2) is 9.97 Å². The van der Waals surface area contributed by atoms with Gasteiger partial charge < -0.3 is 4.90 Å². The second kappa shape index (κ2) is 7.06. The minimum atomic E-state index is 0.654. The molecule has 0 unspecified atom stereocenters. The first-order chi connectivity index (χ1) is 12.1. The maximum absolute atomic E-state index is 4.66. The van der Waals surface area contributed by atoms with Crippen molar-refractivity contribution in [1.29, 1.82) is 0 Å². The molecule has 0 amide bonds. The van der Waals surface area contributed by atoms with Crippen LogP contribution in [-0.2, 0) is 0 Å². The van der Waals surface area contributed by atoms with Crippen LogP contribution in [0.4, 0.5) is 0 Å². The van der Waals surface area contributed by atoms with Crippen LogP contribution in [0.1, 0.15) is 24.0 Å². The van der Waals surface area contributed by atoms with Gasteiger partial charge in [-0.1, -0.05) is 18.2 Å². The lowest BCUT2D eigenvalue weighted by atomic mass is 10.0. The monoisotopic (exact) mass is 369 g/mol. The molecule has 1 aromatic carbocycles. The number of likely N-dealkylation sites (tertiary alicyclic amines) is 1. The Morgan fingerprint density at radius 2 is 1.92 bits per heavy atom. The first-order valence-corrected chi connectivity index (χ1v) is 10.5. The number of hydrogen-bond donors (Lipinski definition) is 0. The highest BCUT2D eigenvalue weighted by molar-refractivity contribution is 8.00. The highest BCUT2D eigenvalue weighted by Crippen LogP contribution is 2.40. The van der Waals surface area contributed by atoms with Crippen LogP contribution in [0.25, 0.3) is 21.3 Å². The second-order valence-electron chi connectivity index (χ2n) is 6.93. The maximum atomic E-state index is 4.66. The molecule has 0 bridgehead atoms. The summed E-state index contributed by atoms with van der Waals surface area (Å²) in [6, 6.07) is 6.72. The van der Waals surface area contributed by atoms with Crippen LogP contribution in [0.5, 0.6) is 0 Å². The average molecular weight is 370 g/mol. The molecule has 130 valence electrons. The van der Waals surface area contributed by atoms with Crippen molar-refractivity contribution in [2.45, 2.75) is 37.0 Å². The molecule has 0 saturated carbocycles. The van der Waals surface area contributed by atoms with Gasteiger partial charge in [0.15, 0.2) is 0 Å². The van der Waals surface area contributed by atoms with Crippen LogP contribution in [0.15, 0.2) is 34.9 Å². The summed E-state index contributed by atoms with van der Waals surface area (Å²) in [5.41, 5.74) is 5.21. The Balaban J connectivity index is 1.72. The normalized spacial score (nSPS) is 16.6. The van der Waals surface area contributed by atoms with E-state index in [9.17, 15) is 0 Å². The van der Waals surface area contributed by atoms with Crippen LogP contribution in [0.3, 0.4) is 0 Å². The second-order valence-corrected chi connectivity index (χ2v) is 9.08. The zero-order valence-electron chi connectivity index (χ0n) is 15.0. The molecule has 0 aliphatic carbocycles. The molecule has 4 rings (SSSR count). The summed E-state index contributed by atoms with van der Waals surface area (Å²) in [6.45, 7) is 6.70. The van der Waals surface area contributed by atoms with Crippen molar-refractivity contribution < 1.29 is 0 Å². The Kier molecular flexibility index (Phi) is 4.80. The van der Waals surface area contributed by atoms with Crippen molar-refractivity contribution in [1.82, 2.24) is 14.9 Å². The molecular formula is C20H23N3S2. The quantitative estimate of drug-likeness (QED) is 0.596. The van der Waals surface area contributed by atoms with E-state index >= 15 is 0 Å². The van der Waals surface area contributed by atoms with Gasteiger partial charge in [0.05, 0.1) is 5.39 Å². The van der Waals surface area contributed by atoms with Crippen LogP contribution in [0, 0.1) is 13.8 Å². The number of benzene rings is 1. The Morgan fingerprint density at radius 3 is 2.68 bits per heavy atom. The van der Waals surface area contributed by atoms with Crippen LogP contribution >= 0.6 is 23.1 Å². The number of aromatic nitrogens is 2. The van der Waals surface area contributed by atoms with E-state index in [2.05, 4.69) is 59.3 Å². The van der Waals surface area contributed by atoms with E-state index in [1.807, 2.05) is 11.8 Å². The predicted octanol–water partition coefficient (Wildman–Crippen LogP) is 5.16. The average Bonchev–Trinajstić information content (AvgIpc) is 3.04. The first kappa shape index (κ1) is 17.0. The molecule has 0 atom stereocenters. The van der Waals surface area contributed by atoms with Crippen molar-refractivity contribution in [3.05, 3.63) is 41.0 Å². The fourth-order valence-corrected chi connectivity index (χ4v) is 5.49. The molecule has 0 N–H and O–H groups in total. The highest BCUT2D eigenvalue weighted by Gasteiger charge is 2.21. The van der Waals surface area contributed by atoms with Gasteiger partial charge in [0.25, 0.3) is 0 Å². The van der Waals surface area contributed by atoms with Gasteiger partial charge >= 0.3 is 0 Å². The number of nitrogens with zero attached hydrogens (tertiary/aromatic N) is 3. The molecule has 3 heterocycles. The van der Waals surface area contributed by atoms with E-state index in [0.29, 0.717) is 5.25 Å². The Hall–Kier alpha value is -1.43. The van der Waals surface area contributed by atoms with E-state index in [-0.39, 0.29) is 0 Å². The van der Waals surface area contributed by atoms with Crippen molar-refractivity contribution >= 4 is 33.3 Å². The lowest BCUT2D eigenvalue weighted by Gasteiger charge is -2.28. The van der Waals surface area contributed by atoms with E-state index in [1.165, 1.54) is 53.6 Å². The van der Waals surface area contributed by atoms with Gasteiger partial charge in [0, 0.05) is 16.2 Å².